The summed E-state index contributed by atoms with van der Waals surface area (Å²) < 4.78 is 22.1. The van der Waals surface area contributed by atoms with Gasteiger partial charge in [-0.3, -0.25) is 4.79 Å². The summed E-state index contributed by atoms with van der Waals surface area (Å²) in [4.78, 5) is 27.5. The van der Waals surface area contributed by atoms with Crippen molar-refractivity contribution in [2.75, 3.05) is 26.3 Å². The maximum Gasteiger partial charge on any atom is 0.335 e. The number of carbonyl (C=O) groups excluding carboxylic acids is 1. The molecule has 0 atom stereocenters. The summed E-state index contributed by atoms with van der Waals surface area (Å²) in [6, 6.07) is 9.81. The third-order valence-electron chi connectivity index (χ3n) is 6.13. The molecule has 0 bridgehead atoms. The van der Waals surface area contributed by atoms with Crippen molar-refractivity contribution in [1.29, 1.82) is 0 Å². The van der Waals surface area contributed by atoms with Gasteiger partial charge in [0.1, 0.15) is 6.54 Å². The van der Waals surface area contributed by atoms with Crippen LogP contribution in [0, 0.1) is 18.2 Å². The van der Waals surface area contributed by atoms with E-state index >= 15 is 4.39 Å². The second-order valence-electron chi connectivity index (χ2n) is 8.44. The number of carbonyl (C=O) groups is 2. The molecule has 1 aromatic heterocycles. The van der Waals surface area contributed by atoms with Crippen molar-refractivity contribution in [1.82, 2.24) is 9.47 Å². The summed E-state index contributed by atoms with van der Waals surface area (Å²) in [7, 11) is 0. The number of ether oxygens (including phenoxy) is 1. The van der Waals surface area contributed by atoms with E-state index in [9.17, 15) is 14.7 Å². The van der Waals surface area contributed by atoms with Gasteiger partial charge in [-0.1, -0.05) is 29.4 Å². The van der Waals surface area contributed by atoms with E-state index in [4.69, 9.17) is 16.3 Å². The SMILES string of the molecule is Cc1c(Sc2cccc(C(=O)O)c2)c2ccc(Cl)c(F)c2n1CC(=O)N1CC2(COC2)C1. The predicted molar refractivity (Wildman–Crippen MR) is 119 cm³/mol. The Balaban J connectivity index is 1.51. The summed E-state index contributed by atoms with van der Waals surface area (Å²) in [5, 5.41) is 9.91. The molecule has 9 heteroatoms. The fourth-order valence-corrected chi connectivity index (χ4v) is 5.61. The van der Waals surface area contributed by atoms with E-state index in [1.54, 1.807) is 33.7 Å². The normalized spacial score (nSPS) is 16.8. The number of aromatic nitrogens is 1. The number of halogens is 2. The number of benzene rings is 2. The van der Waals surface area contributed by atoms with Gasteiger partial charge in [-0.25, -0.2) is 9.18 Å². The number of nitrogens with zero attached hydrogens (tertiary/aromatic N) is 2. The first-order chi connectivity index (χ1) is 15.3. The summed E-state index contributed by atoms with van der Waals surface area (Å²) in [6.45, 7) is 4.53. The molecule has 2 fully saturated rings. The van der Waals surface area contributed by atoms with Crippen LogP contribution in [0.15, 0.2) is 46.2 Å². The Morgan fingerprint density at radius 1 is 1.25 bits per heavy atom. The van der Waals surface area contributed by atoms with Crippen molar-refractivity contribution in [2.24, 2.45) is 5.41 Å². The van der Waals surface area contributed by atoms with Gasteiger partial charge >= 0.3 is 5.97 Å². The number of hydrogen-bond donors (Lipinski definition) is 1. The van der Waals surface area contributed by atoms with E-state index in [-0.39, 0.29) is 34.0 Å². The van der Waals surface area contributed by atoms with Crippen LogP contribution in [0.1, 0.15) is 16.1 Å². The molecule has 2 aromatic carbocycles. The van der Waals surface area contributed by atoms with E-state index in [0.717, 1.165) is 10.6 Å². The van der Waals surface area contributed by atoms with E-state index in [0.29, 0.717) is 36.6 Å². The Bertz CT molecular complexity index is 1260. The van der Waals surface area contributed by atoms with Crippen molar-refractivity contribution in [3.63, 3.8) is 0 Å². The zero-order valence-corrected chi connectivity index (χ0v) is 18.8. The second kappa shape index (κ2) is 7.79. The Morgan fingerprint density at radius 3 is 2.66 bits per heavy atom. The first-order valence-electron chi connectivity index (χ1n) is 10.1. The minimum atomic E-state index is -1.01. The number of amides is 1. The van der Waals surface area contributed by atoms with Crippen LogP contribution in [0.3, 0.4) is 0 Å². The Morgan fingerprint density at radius 2 is 2.00 bits per heavy atom. The summed E-state index contributed by atoms with van der Waals surface area (Å²) in [5.41, 5.74) is 1.28. The van der Waals surface area contributed by atoms with Gasteiger partial charge in [-0.2, -0.15) is 0 Å². The first kappa shape index (κ1) is 21.3. The number of likely N-dealkylation sites (tertiary alicyclic amines) is 1. The Hall–Kier alpha value is -2.55. The molecule has 0 radical (unpaired) electrons. The second-order valence-corrected chi connectivity index (χ2v) is 9.93. The van der Waals surface area contributed by atoms with Gasteiger partial charge in [-0.15, -0.1) is 0 Å². The molecule has 1 spiro atoms. The van der Waals surface area contributed by atoms with Crippen LogP contribution in [0.4, 0.5) is 4.39 Å². The molecule has 1 N–H and O–H groups in total. The molecule has 2 aliphatic rings. The van der Waals surface area contributed by atoms with Crippen LogP contribution in [0.25, 0.3) is 10.9 Å². The number of carboxylic acid groups (broad SMARTS) is 1. The molecule has 0 aliphatic carbocycles. The molecular weight excluding hydrogens is 455 g/mol. The quantitative estimate of drug-likeness (QED) is 0.591. The van der Waals surface area contributed by atoms with Crippen LogP contribution >= 0.6 is 23.4 Å². The fourth-order valence-electron chi connectivity index (χ4n) is 4.36. The average Bonchev–Trinajstić information content (AvgIpc) is 2.95. The minimum Gasteiger partial charge on any atom is -0.478 e. The zero-order valence-electron chi connectivity index (χ0n) is 17.2. The van der Waals surface area contributed by atoms with Crippen LogP contribution in [-0.2, 0) is 16.1 Å². The van der Waals surface area contributed by atoms with Gasteiger partial charge in [0.05, 0.1) is 34.7 Å². The van der Waals surface area contributed by atoms with E-state index in [1.807, 2.05) is 6.92 Å². The Labute approximate surface area is 192 Å². The van der Waals surface area contributed by atoms with Gasteiger partial charge in [0.25, 0.3) is 0 Å². The predicted octanol–water partition coefficient (Wildman–Crippen LogP) is 4.45. The van der Waals surface area contributed by atoms with Gasteiger partial charge in [0.2, 0.25) is 5.91 Å². The average molecular weight is 475 g/mol. The summed E-state index contributed by atoms with van der Waals surface area (Å²) in [5.74, 6) is -1.66. The van der Waals surface area contributed by atoms with Gasteiger partial charge in [0.15, 0.2) is 5.82 Å². The molecule has 3 heterocycles. The fraction of sp³-hybridized carbons (Fsp3) is 0.304. The van der Waals surface area contributed by atoms with Crippen molar-refractivity contribution >= 4 is 46.1 Å². The van der Waals surface area contributed by atoms with Crippen LogP contribution < -0.4 is 0 Å². The van der Waals surface area contributed by atoms with Crippen molar-refractivity contribution in [3.8, 4) is 0 Å². The molecule has 5 rings (SSSR count). The highest BCUT2D eigenvalue weighted by molar-refractivity contribution is 7.99. The van der Waals surface area contributed by atoms with Crippen LogP contribution in [0.2, 0.25) is 5.02 Å². The Kier molecular flexibility index (Phi) is 5.19. The van der Waals surface area contributed by atoms with E-state index < -0.39 is 11.8 Å². The van der Waals surface area contributed by atoms with Crippen LogP contribution in [0.5, 0.6) is 0 Å². The number of rotatable bonds is 5. The molecule has 0 saturated carbocycles. The highest BCUT2D eigenvalue weighted by Crippen LogP contribution is 2.41. The molecule has 1 amide bonds. The molecule has 0 unspecified atom stereocenters. The highest BCUT2D eigenvalue weighted by Gasteiger charge is 2.50. The molecule has 2 aliphatic heterocycles. The molecule has 3 aromatic rings. The molecular formula is C23H20ClFN2O4S. The van der Waals surface area contributed by atoms with Gasteiger partial charge < -0.3 is 19.3 Å². The van der Waals surface area contributed by atoms with Crippen LogP contribution in [-0.4, -0.2) is 52.8 Å². The lowest BCUT2D eigenvalue weighted by molar-refractivity contribution is -0.195. The van der Waals surface area contributed by atoms with Crippen molar-refractivity contribution in [3.05, 3.63) is 58.5 Å². The maximum atomic E-state index is 15.1. The number of hydrogen-bond acceptors (Lipinski definition) is 4. The maximum absolute atomic E-state index is 15.1. The monoisotopic (exact) mass is 474 g/mol. The lowest BCUT2D eigenvalue weighted by Gasteiger charge is -2.55. The number of fused-ring (bicyclic) bond motifs is 1. The van der Waals surface area contributed by atoms with Crippen molar-refractivity contribution < 1.29 is 23.8 Å². The zero-order chi connectivity index (χ0) is 22.6. The third-order valence-corrected chi connectivity index (χ3v) is 7.63. The van der Waals surface area contributed by atoms with Gasteiger partial charge in [0, 0.05) is 34.0 Å². The standard InChI is InChI=1S/C23H20ClFN2O4S/c1-13-21(32-15-4-2-3-14(7-15)22(29)30)16-5-6-17(24)19(25)20(16)27(13)8-18(28)26-9-23(10-26)11-31-12-23/h2-7H,8-12H2,1H3,(H,29,30). The lowest BCUT2D eigenvalue weighted by Crippen LogP contribution is -2.67. The van der Waals surface area contributed by atoms with Gasteiger partial charge in [-0.05, 0) is 37.3 Å². The summed E-state index contributed by atoms with van der Waals surface area (Å²) in [6.07, 6.45) is 0. The minimum absolute atomic E-state index is 0.00621. The topological polar surface area (TPSA) is 71.8 Å². The number of carboxylic acids is 1. The molecule has 6 nitrogen and oxygen atoms in total. The smallest absolute Gasteiger partial charge is 0.335 e. The molecule has 166 valence electrons. The largest absolute Gasteiger partial charge is 0.478 e. The molecule has 2 saturated heterocycles. The van der Waals surface area contributed by atoms with E-state index in [2.05, 4.69) is 0 Å². The first-order valence-corrected chi connectivity index (χ1v) is 11.3. The highest BCUT2D eigenvalue weighted by atomic mass is 35.5. The number of aromatic carboxylic acids is 1. The molecule has 32 heavy (non-hydrogen) atoms. The third kappa shape index (κ3) is 3.46. The lowest BCUT2D eigenvalue weighted by atomic mass is 9.78. The summed E-state index contributed by atoms with van der Waals surface area (Å²) >= 11 is 7.41. The van der Waals surface area contributed by atoms with E-state index in [1.165, 1.54) is 23.9 Å². The van der Waals surface area contributed by atoms with Crippen molar-refractivity contribution in [2.45, 2.75) is 23.3 Å².